The minimum atomic E-state index is -0.539. The molecule has 0 atom stereocenters. The molecule has 20 heavy (non-hydrogen) atoms. The van der Waals surface area contributed by atoms with Crippen LogP contribution in [-0.4, -0.2) is 5.91 Å². The molecule has 1 aliphatic heterocycles. The number of benzene rings is 2. The van der Waals surface area contributed by atoms with E-state index >= 15 is 0 Å². The smallest absolute Gasteiger partial charge is 0.251 e. The molecule has 0 spiro atoms. The zero-order chi connectivity index (χ0) is 14.3. The van der Waals surface area contributed by atoms with Gasteiger partial charge in [0.25, 0.3) is 5.91 Å². The summed E-state index contributed by atoms with van der Waals surface area (Å²) in [5.41, 5.74) is 3.91. The third-order valence-corrected chi connectivity index (χ3v) is 3.57. The van der Waals surface area contributed by atoms with Crippen molar-refractivity contribution in [2.24, 2.45) is 0 Å². The second kappa shape index (κ2) is 4.46. The van der Waals surface area contributed by atoms with Crippen LogP contribution in [0.5, 0.6) is 0 Å². The second-order valence-electron chi connectivity index (χ2n) is 4.77. The Kier molecular flexibility index (Phi) is 2.76. The molecule has 0 saturated carbocycles. The Bertz CT molecular complexity index is 775. The molecule has 1 N–H and O–H groups in total. The van der Waals surface area contributed by atoms with Crippen molar-refractivity contribution in [1.82, 2.24) is 5.32 Å². The van der Waals surface area contributed by atoms with Gasteiger partial charge in [0.1, 0.15) is 11.9 Å². The molecule has 0 fully saturated rings. The maximum Gasteiger partial charge on any atom is 0.251 e. The summed E-state index contributed by atoms with van der Waals surface area (Å²) in [4.78, 5) is 11.7. The molecule has 0 unspecified atom stereocenters. The van der Waals surface area contributed by atoms with Gasteiger partial charge >= 0.3 is 0 Å². The first-order chi connectivity index (χ1) is 9.61. The van der Waals surface area contributed by atoms with Gasteiger partial charge in [-0.2, -0.15) is 5.26 Å². The number of fused-ring (bicyclic) bond motifs is 1. The fraction of sp³-hybridized carbons (Fsp3) is 0.125. The lowest BCUT2D eigenvalue weighted by Crippen LogP contribution is -2.12. The highest BCUT2D eigenvalue weighted by Gasteiger charge is 2.22. The molecular formula is C16H11FN2O. The molecule has 2 aromatic carbocycles. The fourth-order valence-corrected chi connectivity index (χ4v) is 2.56. The van der Waals surface area contributed by atoms with Gasteiger partial charge in [-0.25, -0.2) is 4.39 Å². The van der Waals surface area contributed by atoms with E-state index in [2.05, 4.69) is 5.32 Å². The Morgan fingerprint density at radius 2 is 2.00 bits per heavy atom. The molecule has 0 aromatic heterocycles. The SMILES string of the molecule is Cc1cc(C#N)c(F)cc1-c1cccc2c1CNC2=O. The van der Waals surface area contributed by atoms with Gasteiger partial charge in [-0.1, -0.05) is 12.1 Å². The Labute approximate surface area is 115 Å². The van der Waals surface area contributed by atoms with Gasteiger partial charge in [0.05, 0.1) is 5.56 Å². The molecule has 0 radical (unpaired) electrons. The average Bonchev–Trinajstić information content (AvgIpc) is 2.83. The Balaban J connectivity index is 2.24. The predicted octanol–water partition coefficient (Wildman–Crippen LogP) is 2.92. The maximum atomic E-state index is 13.8. The minimum Gasteiger partial charge on any atom is -0.348 e. The van der Waals surface area contributed by atoms with Crippen molar-refractivity contribution in [3.05, 3.63) is 58.4 Å². The first-order valence-corrected chi connectivity index (χ1v) is 6.22. The lowest BCUT2D eigenvalue weighted by atomic mass is 9.93. The number of nitrogens with zero attached hydrogens (tertiary/aromatic N) is 1. The van der Waals surface area contributed by atoms with E-state index < -0.39 is 5.82 Å². The highest BCUT2D eigenvalue weighted by Crippen LogP contribution is 2.32. The van der Waals surface area contributed by atoms with Crippen LogP contribution in [0.25, 0.3) is 11.1 Å². The number of rotatable bonds is 1. The van der Waals surface area contributed by atoms with E-state index in [9.17, 15) is 9.18 Å². The van der Waals surface area contributed by atoms with Crippen LogP contribution in [0.15, 0.2) is 30.3 Å². The van der Waals surface area contributed by atoms with E-state index in [1.54, 1.807) is 12.1 Å². The molecule has 1 amide bonds. The number of halogens is 1. The Morgan fingerprint density at radius 3 is 2.75 bits per heavy atom. The first kappa shape index (κ1) is 12.4. The minimum absolute atomic E-state index is 0.0352. The lowest BCUT2D eigenvalue weighted by molar-refractivity contribution is 0.0966. The van der Waals surface area contributed by atoms with Gasteiger partial charge in [0.2, 0.25) is 0 Å². The van der Waals surface area contributed by atoms with Crippen molar-refractivity contribution in [3.63, 3.8) is 0 Å². The molecule has 4 heteroatoms. The zero-order valence-corrected chi connectivity index (χ0v) is 10.8. The highest BCUT2D eigenvalue weighted by atomic mass is 19.1. The van der Waals surface area contributed by atoms with Crippen molar-refractivity contribution in [3.8, 4) is 17.2 Å². The quantitative estimate of drug-likeness (QED) is 0.862. The number of hydrogen-bond acceptors (Lipinski definition) is 2. The molecule has 0 bridgehead atoms. The van der Waals surface area contributed by atoms with E-state index in [-0.39, 0.29) is 11.5 Å². The zero-order valence-electron chi connectivity index (χ0n) is 10.8. The molecule has 3 rings (SSSR count). The van der Waals surface area contributed by atoms with E-state index in [1.165, 1.54) is 12.1 Å². The van der Waals surface area contributed by atoms with Crippen molar-refractivity contribution < 1.29 is 9.18 Å². The average molecular weight is 266 g/mol. The number of carbonyl (C=O) groups is 1. The summed E-state index contributed by atoms with van der Waals surface area (Å²) < 4.78 is 13.8. The van der Waals surface area contributed by atoms with Crippen molar-refractivity contribution in [2.75, 3.05) is 0 Å². The van der Waals surface area contributed by atoms with E-state index in [0.717, 1.165) is 22.3 Å². The van der Waals surface area contributed by atoms with Crippen LogP contribution in [0, 0.1) is 24.1 Å². The molecule has 98 valence electrons. The van der Waals surface area contributed by atoms with Crippen LogP contribution in [0.3, 0.4) is 0 Å². The van der Waals surface area contributed by atoms with E-state index in [1.807, 2.05) is 19.1 Å². The van der Waals surface area contributed by atoms with Gasteiger partial charge in [0, 0.05) is 12.1 Å². The number of nitrogens with one attached hydrogen (secondary N) is 1. The number of nitriles is 1. The number of amides is 1. The number of hydrogen-bond donors (Lipinski definition) is 1. The third kappa shape index (κ3) is 1.76. The van der Waals surface area contributed by atoms with Gasteiger partial charge < -0.3 is 5.32 Å². The Morgan fingerprint density at radius 1 is 1.25 bits per heavy atom. The first-order valence-electron chi connectivity index (χ1n) is 6.22. The molecule has 0 aliphatic carbocycles. The monoisotopic (exact) mass is 266 g/mol. The Hall–Kier alpha value is -2.67. The second-order valence-corrected chi connectivity index (χ2v) is 4.77. The van der Waals surface area contributed by atoms with Crippen LogP contribution in [-0.2, 0) is 6.54 Å². The fourth-order valence-electron chi connectivity index (χ4n) is 2.56. The molecular weight excluding hydrogens is 255 g/mol. The van der Waals surface area contributed by atoms with Crippen LogP contribution in [0.2, 0.25) is 0 Å². The van der Waals surface area contributed by atoms with Gasteiger partial charge in [-0.15, -0.1) is 0 Å². The molecule has 1 heterocycles. The van der Waals surface area contributed by atoms with Crippen LogP contribution < -0.4 is 5.32 Å². The summed E-state index contributed by atoms with van der Waals surface area (Å²) in [6.07, 6.45) is 0. The number of carbonyl (C=O) groups excluding carboxylic acids is 1. The maximum absolute atomic E-state index is 13.8. The van der Waals surface area contributed by atoms with Crippen molar-refractivity contribution in [1.29, 1.82) is 5.26 Å². The summed E-state index contributed by atoms with van der Waals surface area (Å²) in [7, 11) is 0. The van der Waals surface area contributed by atoms with Crippen LogP contribution in [0.4, 0.5) is 4.39 Å². The summed E-state index contributed by atoms with van der Waals surface area (Å²) in [6.45, 7) is 2.28. The summed E-state index contributed by atoms with van der Waals surface area (Å²) in [5, 5.41) is 11.6. The van der Waals surface area contributed by atoms with Crippen molar-refractivity contribution >= 4 is 5.91 Å². The topological polar surface area (TPSA) is 52.9 Å². The van der Waals surface area contributed by atoms with Gasteiger partial charge in [0.15, 0.2) is 0 Å². The van der Waals surface area contributed by atoms with Gasteiger partial charge in [-0.3, -0.25) is 4.79 Å². The molecule has 0 saturated heterocycles. The summed E-state index contributed by atoms with van der Waals surface area (Å²) in [6, 6.07) is 10.2. The number of aryl methyl sites for hydroxylation is 1. The summed E-state index contributed by atoms with van der Waals surface area (Å²) >= 11 is 0. The molecule has 3 nitrogen and oxygen atoms in total. The van der Waals surface area contributed by atoms with Crippen molar-refractivity contribution in [2.45, 2.75) is 13.5 Å². The predicted molar refractivity (Wildman–Crippen MR) is 72.5 cm³/mol. The standard InChI is InChI=1S/C16H11FN2O/c1-9-5-10(7-18)15(17)6-13(9)11-3-2-4-12-14(11)8-19-16(12)20/h2-6H,8H2,1H3,(H,19,20). The summed E-state index contributed by atoms with van der Waals surface area (Å²) in [5.74, 6) is -0.642. The lowest BCUT2D eigenvalue weighted by Gasteiger charge is -2.11. The largest absolute Gasteiger partial charge is 0.348 e. The van der Waals surface area contributed by atoms with Crippen LogP contribution in [0.1, 0.15) is 27.0 Å². The van der Waals surface area contributed by atoms with Crippen LogP contribution >= 0.6 is 0 Å². The highest BCUT2D eigenvalue weighted by molar-refractivity contribution is 6.00. The normalized spacial score (nSPS) is 12.8. The molecule has 1 aliphatic rings. The molecule has 2 aromatic rings. The van der Waals surface area contributed by atoms with E-state index in [4.69, 9.17) is 5.26 Å². The van der Waals surface area contributed by atoms with Gasteiger partial charge in [-0.05, 0) is 47.4 Å². The van der Waals surface area contributed by atoms with E-state index in [0.29, 0.717) is 12.1 Å². The third-order valence-electron chi connectivity index (χ3n) is 3.57.